The van der Waals surface area contributed by atoms with Gasteiger partial charge in [-0.25, -0.2) is 0 Å². The van der Waals surface area contributed by atoms with Crippen molar-refractivity contribution in [2.45, 2.75) is 49.4 Å². The van der Waals surface area contributed by atoms with Crippen molar-refractivity contribution in [1.82, 2.24) is 4.98 Å². The molecule has 2 spiro atoms. The maximum Gasteiger partial charge on any atom is 0.144 e. The molecule has 4 nitrogen and oxygen atoms in total. The van der Waals surface area contributed by atoms with Crippen molar-refractivity contribution in [3.8, 4) is 66.8 Å². The minimum atomic E-state index is -0.675. The van der Waals surface area contributed by atoms with E-state index in [0.717, 1.165) is 50.2 Å². The predicted molar refractivity (Wildman–Crippen MR) is 361 cm³/mol. The molecule has 0 radical (unpaired) electrons. The highest BCUT2D eigenvalue weighted by Gasteiger charge is 2.57. The zero-order chi connectivity index (χ0) is 58.6. The van der Waals surface area contributed by atoms with Gasteiger partial charge in [0, 0.05) is 67.4 Å². The number of hydrogen-bond acceptors (Lipinski definition) is 4. The van der Waals surface area contributed by atoms with Crippen molar-refractivity contribution in [2.24, 2.45) is 0 Å². The number of nitrogens with zero attached hydrogens (tertiary/aromatic N) is 2. The maximum atomic E-state index is 7.08. The molecule has 3 heterocycles. The van der Waals surface area contributed by atoms with E-state index in [4.69, 9.17) is 8.83 Å². The number of anilines is 3. The molecule has 0 N–H and O–H groups in total. The Morgan fingerprint density at radius 2 is 0.742 bits per heavy atom. The Morgan fingerprint density at radius 3 is 1.38 bits per heavy atom. The summed E-state index contributed by atoms with van der Waals surface area (Å²) < 4.78 is 13.9. The Morgan fingerprint density at radius 1 is 0.292 bits per heavy atom. The number of para-hydroxylation sites is 2. The lowest BCUT2D eigenvalue weighted by Gasteiger charge is -2.33. The molecule has 0 fully saturated rings. The van der Waals surface area contributed by atoms with Gasteiger partial charge in [-0.1, -0.05) is 204 Å². The molecule has 0 amide bonds. The second kappa shape index (κ2) is 16.2. The highest BCUT2D eigenvalue weighted by atomic mass is 16.3. The molecule has 6 aliphatic rings. The van der Waals surface area contributed by atoms with Gasteiger partial charge in [-0.05, 0) is 195 Å². The van der Waals surface area contributed by atoms with E-state index in [-0.39, 0.29) is 10.8 Å². The molecule has 15 aromatic rings. The van der Waals surface area contributed by atoms with Crippen LogP contribution >= 0.6 is 0 Å². The molecule has 416 valence electrons. The summed E-state index contributed by atoms with van der Waals surface area (Å²) >= 11 is 0. The average molecular weight is 1140 g/mol. The zero-order valence-corrected chi connectivity index (χ0v) is 49.5. The molecule has 6 aliphatic carbocycles. The Hall–Kier alpha value is -10.8. The highest BCUT2D eigenvalue weighted by Crippen LogP contribution is 2.70. The number of benzene rings is 12. The Balaban J connectivity index is 0.831. The lowest BCUT2D eigenvalue weighted by Crippen LogP contribution is -2.27. The smallest absolute Gasteiger partial charge is 0.144 e. The van der Waals surface area contributed by atoms with Gasteiger partial charge in [0.1, 0.15) is 22.3 Å². The third-order valence-electron chi connectivity index (χ3n) is 22.1. The van der Waals surface area contributed by atoms with Crippen LogP contribution in [0.5, 0.6) is 0 Å². The van der Waals surface area contributed by atoms with Crippen LogP contribution < -0.4 is 4.90 Å². The Kier molecular flexibility index (Phi) is 8.81. The molecule has 12 aromatic carbocycles. The van der Waals surface area contributed by atoms with Crippen molar-refractivity contribution in [3.05, 3.63) is 322 Å². The SMILES string of the molecule is CC1(C)c2ccccc2-c2c1c1c(c3c2oc2ccccc23)-c2ccc(N(c3ccncc3)c3ccc4c(c3)C3(c5ccccc5-c5ccccc53)c3cc5c(cc3-4)C3(c4ccccc4-c4ccccc43)c3ccc4oc6ccccc6c4c3-5)cc2C1(C)C. The first kappa shape index (κ1) is 48.3. The average Bonchev–Trinajstić information content (AvgIpc) is 1.50. The molecule has 4 heteroatoms. The van der Waals surface area contributed by atoms with Crippen molar-refractivity contribution >= 4 is 60.9 Å². The first-order valence-corrected chi connectivity index (χ1v) is 31.3. The van der Waals surface area contributed by atoms with Crippen molar-refractivity contribution in [2.75, 3.05) is 4.90 Å². The van der Waals surface area contributed by atoms with Crippen LogP contribution in [-0.2, 0) is 21.7 Å². The van der Waals surface area contributed by atoms with Gasteiger partial charge in [0.15, 0.2) is 0 Å². The number of hydrogen-bond donors (Lipinski definition) is 0. The van der Waals surface area contributed by atoms with Crippen LogP contribution in [0.15, 0.2) is 264 Å². The van der Waals surface area contributed by atoms with E-state index in [1.807, 2.05) is 12.4 Å². The Bertz CT molecular complexity index is 5680. The van der Waals surface area contributed by atoms with Gasteiger partial charge in [-0.15, -0.1) is 0 Å². The third-order valence-corrected chi connectivity index (χ3v) is 22.1. The topological polar surface area (TPSA) is 42.4 Å². The van der Waals surface area contributed by atoms with Gasteiger partial charge in [0.05, 0.1) is 10.8 Å². The largest absolute Gasteiger partial charge is 0.456 e. The van der Waals surface area contributed by atoms with Gasteiger partial charge in [-0.2, -0.15) is 0 Å². The quantitative estimate of drug-likeness (QED) is 0.177. The lowest BCUT2D eigenvalue weighted by molar-refractivity contribution is 0.600. The molecular formula is C85H54N2O2. The van der Waals surface area contributed by atoms with Crippen molar-refractivity contribution < 1.29 is 8.83 Å². The molecule has 0 saturated carbocycles. The predicted octanol–water partition coefficient (Wildman–Crippen LogP) is 21.6. The fourth-order valence-electron chi connectivity index (χ4n) is 18.8. The van der Waals surface area contributed by atoms with Crippen LogP contribution in [-0.4, -0.2) is 4.98 Å². The van der Waals surface area contributed by atoms with Gasteiger partial charge >= 0.3 is 0 Å². The fraction of sp³-hybridized carbons (Fsp3) is 0.0941. The van der Waals surface area contributed by atoms with E-state index >= 15 is 0 Å². The molecule has 0 atom stereocenters. The van der Waals surface area contributed by atoms with Crippen LogP contribution in [0.3, 0.4) is 0 Å². The summed E-state index contributed by atoms with van der Waals surface area (Å²) in [6, 6.07) is 91.9. The monoisotopic (exact) mass is 1130 g/mol. The normalized spacial score (nSPS) is 15.8. The number of pyridine rings is 1. The van der Waals surface area contributed by atoms with Gasteiger partial charge < -0.3 is 13.7 Å². The van der Waals surface area contributed by atoms with E-state index < -0.39 is 10.8 Å². The molecule has 21 rings (SSSR count). The molecule has 0 aliphatic heterocycles. The number of furan rings is 2. The Labute approximate surface area is 514 Å². The van der Waals surface area contributed by atoms with E-state index in [0.29, 0.717) is 0 Å². The maximum absolute atomic E-state index is 7.08. The number of aromatic nitrogens is 1. The minimum Gasteiger partial charge on any atom is -0.456 e. The van der Waals surface area contributed by atoms with E-state index in [9.17, 15) is 0 Å². The highest BCUT2D eigenvalue weighted by molar-refractivity contribution is 6.21. The van der Waals surface area contributed by atoms with Gasteiger partial charge in [0.25, 0.3) is 0 Å². The zero-order valence-electron chi connectivity index (χ0n) is 49.5. The third kappa shape index (κ3) is 5.52. The summed E-state index contributed by atoms with van der Waals surface area (Å²) in [6.45, 7) is 9.75. The first-order chi connectivity index (χ1) is 43.7. The van der Waals surface area contributed by atoms with Crippen LogP contribution in [0.25, 0.3) is 111 Å². The molecule has 0 unspecified atom stereocenters. The van der Waals surface area contributed by atoms with E-state index in [1.165, 1.54) is 144 Å². The van der Waals surface area contributed by atoms with E-state index in [1.54, 1.807) is 0 Å². The molecule has 3 aromatic heterocycles. The summed E-state index contributed by atoms with van der Waals surface area (Å²) in [6.07, 6.45) is 3.87. The molecule has 0 bridgehead atoms. The second-order valence-electron chi connectivity index (χ2n) is 26.7. The standard InChI is InChI=1S/C85H54N2O2/c1-82(2)61-26-12-9-23-55(61)78-80(82)79-76(77-58-25-11-18-32-72(58)89-81(77)78)56-36-34-48(43-67(56)83(79,3)4)87(47-39-41-86-42-40-47)49-33-35-54-59-45-70-60(46-69(59)85(68(54)44-49)64-29-15-7-21-52(64)53-22-8-16-30-65(53)85)74-66(37-38-73-75(74)57-24-10-17-31-71(57)88-73)84(70)62-27-13-5-19-50(62)51-20-6-14-28-63(51)84/h5-46H,1-4H3. The van der Waals surface area contributed by atoms with Crippen molar-refractivity contribution in [3.63, 3.8) is 0 Å². The summed E-state index contributed by atoms with van der Waals surface area (Å²) in [5, 5.41) is 4.67. The van der Waals surface area contributed by atoms with Crippen LogP contribution in [0, 0.1) is 0 Å². The van der Waals surface area contributed by atoms with Gasteiger partial charge in [-0.3, -0.25) is 4.98 Å². The molecule has 0 saturated heterocycles. The first-order valence-electron chi connectivity index (χ1n) is 31.3. The number of fused-ring (bicyclic) bond motifs is 36. The van der Waals surface area contributed by atoms with Gasteiger partial charge in [0.2, 0.25) is 0 Å². The minimum absolute atomic E-state index is 0.264. The second-order valence-corrected chi connectivity index (χ2v) is 26.7. The van der Waals surface area contributed by atoms with Crippen LogP contribution in [0.1, 0.15) is 94.5 Å². The van der Waals surface area contributed by atoms with Crippen LogP contribution in [0.2, 0.25) is 0 Å². The van der Waals surface area contributed by atoms with Crippen molar-refractivity contribution in [1.29, 1.82) is 0 Å². The summed E-state index contributed by atoms with van der Waals surface area (Å²) in [4.78, 5) is 7.11. The van der Waals surface area contributed by atoms with E-state index in [2.05, 4.69) is 280 Å². The number of rotatable bonds is 3. The van der Waals surface area contributed by atoms with Crippen LogP contribution in [0.4, 0.5) is 17.1 Å². The lowest BCUT2D eigenvalue weighted by atomic mass is 9.68. The fourth-order valence-corrected chi connectivity index (χ4v) is 18.8. The molecule has 89 heavy (non-hydrogen) atoms. The molecular weight excluding hydrogens is 1080 g/mol. The summed E-state index contributed by atoms with van der Waals surface area (Å²) in [5.41, 5.74) is 36.1. The summed E-state index contributed by atoms with van der Waals surface area (Å²) in [5.74, 6) is 0. The summed E-state index contributed by atoms with van der Waals surface area (Å²) in [7, 11) is 0.